The Labute approximate surface area is 41.8 Å². The summed E-state index contributed by atoms with van der Waals surface area (Å²) < 4.78 is 11.6. The molecule has 0 aliphatic rings. The predicted molar refractivity (Wildman–Crippen MR) is 30.6 cm³/mol. The molecular formula is C3H7FPS-. The quantitative estimate of drug-likeness (QED) is 0.372. The zero-order chi connectivity index (χ0) is 4.99. The van der Waals surface area contributed by atoms with Crippen molar-refractivity contribution in [3.8, 4) is 0 Å². The van der Waals surface area contributed by atoms with Gasteiger partial charge >= 0.3 is 41.1 Å². The normalized spacial score (nSPS) is 9.67. The summed E-state index contributed by atoms with van der Waals surface area (Å²) in [6, 6.07) is 0. The monoisotopic (exact) mass is 125 g/mol. The van der Waals surface area contributed by atoms with Crippen molar-refractivity contribution in [3.63, 3.8) is 0 Å². The number of halogens is 1. The van der Waals surface area contributed by atoms with E-state index >= 15 is 0 Å². The minimum atomic E-state index is -1.12. The van der Waals surface area contributed by atoms with Crippen molar-refractivity contribution in [1.82, 2.24) is 0 Å². The first kappa shape index (κ1) is 6.71. The summed E-state index contributed by atoms with van der Waals surface area (Å²) in [5.74, 6) is 0.600. The molecule has 0 radical (unpaired) electrons. The van der Waals surface area contributed by atoms with Crippen LogP contribution in [0.4, 0.5) is 3.89 Å². The van der Waals surface area contributed by atoms with Gasteiger partial charge in [-0.3, -0.25) is 0 Å². The molecule has 3 heteroatoms. The first-order chi connectivity index (χ1) is 2.77. The van der Waals surface area contributed by atoms with Crippen LogP contribution in [0.2, 0.25) is 0 Å². The van der Waals surface area contributed by atoms with E-state index in [1.807, 2.05) is 6.92 Å². The van der Waals surface area contributed by atoms with E-state index in [0.717, 1.165) is 6.42 Å². The topological polar surface area (TPSA) is 0 Å². The van der Waals surface area contributed by atoms with Crippen molar-refractivity contribution in [2.75, 3.05) is 5.75 Å². The van der Waals surface area contributed by atoms with Crippen molar-refractivity contribution in [2.45, 2.75) is 13.3 Å². The summed E-state index contributed by atoms with van der Waals surface area (Å²) in [5, 5.41) is 0. The summed E-state index contributed by atoms with van der Waals surface area (Å²) in [6.07, 6.45) is 0.892. The Hall–Kier alpha value is 0.710. The van der Waals surface area contributed by atoms with Gasteiger partial charge in [-0.15, -0.1) is 0 Å². The fraction of sp³-hybridized carbons (Fsp3) is 1.00. The van der Waals surface area contributed by atoms with Gasteiger partial charge in [0.15, 0.2) is 0 Å². The molecule has 0 rings (SSSR count). The van der Waals surface area contributed by atoms with E-state index in [-0.39, 0.29) is 0 Å². The van der Waals surface area contributed by atoms with Gasteiger partial charge in [0.2, 0.25) is 0 Å². The number of hydrogen-bond donors (Lipinski definition) is 0. The zero-order valence-corrected chi connectivity index (χ0v) is 5.36. The molecule has 0 heterocycles. The molecule has 0 unspecified atom stereocenters. The molecule has 0 bridgehead atoms. The summed E-state index contributed by atoms with van der Waals surface area (Å²) in [4.78, 5) is 0. The van der Waals surface area contributed by atoms with Crippen molar-refractivity contribution in [3.05, 3.63) is 0 Å². The van der Waals surface area contributed by atoms with Crippen molar-refractivity contribution < 1.29 is 3.89 Å². The number of rotatable bonds is 1. The van der Waals surface area contributed by atoms with Gasteiger partial charge in [-0.2, -0.15) is 0 Å². The molecule has 0 N–H and O–H groups in total. The van der Waals surface area contributed by atoms with Crippen LogP contribution in [0.5, 0.6) is 0 Å². The van der Waals surface area contributed by atoms with Crippen LogP contribution < -0.4 is 0 Å². The Morgan fingerprint density at radius 1 is 1.83 bits per heavy atom. The van der Waals surface area contributed by atoms with Crippen molar-refractivity contribution >= 4 is 18.1 Å². The molecule has 0 atom stereocenters. The van der Waals surface area contributed by atoms with Gasteiger partial charge in [-0.25, -0.2) is 0 Å². The van der Waals surface area contributed by atoms with Gasteiger partial charge in [-0.1, -0.05) is 0 Å². The standard InChI is InChI=1S/C3H7FPS/c1-2-3-6(4)5/h2-3H2,1H3/q-1. The molecule has 0 aromatic heterocycles. The molecule has 6 heavy (non-hydrogen) atoms. The Morgan fingerprint density at radius 2 is 2.33 bits per heavy atom. The SMILES string of the molecule is CCC[S-](F)#P. The van der Waals surface area contributed by atoms with Gasteiger partial charge in [0.05, 0.1) is 0 Å². The van der Waals surface area contributed by atoms with Crippen LogP contribution in [-0.4, -0.2) is 5.75 Å². The second-order valence-corrected chi connectivity index (χ2v) is 3.22. The molecule has 0 aromatic rings. The summed E-state index contributed by atoms with van der Waals surface area (Å²) in [5.41, 5.74) is 0. The summed E-state index contributed by atoms with van der Waals surface area (Å²) in [7, 11) is 2.42. The van der Waals surface area contributed by atoms with E-state index in [0.29, 0.717) is 5.75 Å². The minimum absolute atomic E-state index is 0.600. The molecule has 0 aromatic carbocycles. The maximum atomic E-state index is 11.6. The second-order valence-electron chi connectivity index (χ2n) is 1.01. The number of hydrogen-bond acceptors (Lipinski definition) is 1. The third kappa shape index (κ3) is 4.71. The fourth-order valence-corrected chi connectivity index (χ4v) is 1.05. The molecule has 0 nitrogen and oxygen atoms in total. The average molecular weight is 125 g/mol. The first-order valence-corrected chi connectivity index (χ1v) is 4.18. The van der Waals surface area contributed by atoms with Crippen LogP contribution in [0, 0.1) is 0 Å². The molecule has 0 aliphatic heterocycles. The van der Waals surface area contributed by atoms with Crippen LogP contribution in [0.3, 0.4) is 0 Å². The van der Waals surface area contributed by atoms with E-state index < -0.39 is 10.3 Å². The van der Waals surface area contributed by atoms with E-state index in [2.05, 4.69) is 7.81 Å². The Balaban J connectivity index is 2.91. The van der Waals surface area contributed by atoms with Gasteiger partial charge in [0.1, 0.15) is 0 Å². The van der Waals surface area contributed by atoms with Crippen LogP contribution in [-0.2, 0) is 10.3 Å². The molecule has 0 fully saturated rings. The van der Waals surface area contributed by atoms with Gasteiger partial charge in [-0.05, 0) is 0 Å². The van der Waals surface area contributed by atoms with Crippen molar-refractivity contribution in [1.29, 1.82) is 0 Å². The van der Waals surface area contributed by atoms with Crippen LogP contribution >= 0.6 is 7.81 Å². The van der Waals surface area contributed by atoms with E-state index in [1.54, 1.807) is 0 Å². The van der Waals surface area contributed by atoms with Gasteiger partial charge in [0, 0.05) is 0 Å². The predicted octanol–water partition coefficient (Wildman–Crippen LogP) is 2.22. The molecule has 0 saturated carbocycles. The second kappa shape index (κ2) is 3.89. The van der Waals surface area contributed by atoms with E-state index in [9.17, 15) is 3.89 Å². The third-order valence-corrected chi connectivity index (χ3v) is 1.67. The first-order valence-electron chi connectivity index (χ1n) is 1.83. The molecule has 0 saturated heterocycles. The third-order valence-electron chi connectivity index (χ3n) is 0.373. The van der Waals surface area contributed by atoms with E-state index in [1.165, 1.54) is 0 Å². The van der Waals surface area contributed by atoms with Crippen LogP contribution in [0.15, 0.2) is 0 Å². The van der Waals surface area contributed by atoms with Crippen molar-refractivity contribution in [2.24, 2.45) is 0 Å². The molecule has 38 valence electrons. The maximum absolute atomic E-state index is 11.6. The van der Waals surface area contributed by atoms with E-state index in [4.69, 9.17) is 0 Å². The Bertz CT molecular complexity index is 82.5. The fourth-order valence-electron chi connectivity index (χ4n) is 0.168. The zero-order valence-electron chi connectivity index (χ0n) is 3.65. The Morgan fingerprint density at radius 3 is 2.33 bits per heavy atom. The summed E-state index contributed by atoms with van der Waals surface area (Å²) in [6.45, 7) is 1.94. The molecule has 0 aliphatic carbocycles. The molecule has 0 spiro atoms. The van der Waals surface area contributed by atoms with Crippen LogP contribution in [0.1, 0.15) is 13.3 Å². The average Bonchev–Trinajstić information content (AvgIpc) is 1.35. The van der Waals surface area contributed by atoms with Gasteiger partial charge in [0.25, 0.3) is 0 Å². The summed E-state index contributed by atoms with van der Waals surface area (Å²) >= 11 is 0. The molecule has 0 amide bonds. The molecular weight excluding hydrogens is 118 g/mol. The van der Waals surface area contributed by atoms with Gasteiger partial charge < -0.3 is 0 Å². The van der Waals surface area contributed by atoms with Crippen LogP contribution in [0.25, 0.3) is 0 Å². The Kier molecular flexibility index (Phi) is 4.34.